The number of fused-ring (bicyclic) bond motifs is 1. The monoisotopic (exact) mass is 544 g/mol. The van der Waals surface area contributed by atoms with Crippen molar-refractivity contribution >= 4 is 64.9 Å². The summed E-state index contributed by atoms with van der Waals surface area (Å²) in [5.74, 6) is 1.00. The van der Waals surface area contributed by atoms with E-state index in [1.165, 1.54) is 12.8 Å². The van der Waals surface area contributed by atoms with E-state index in [-0.39, 0.29) is 54.7 Å². The molecule has 1 amide bonds. The van der Waals surface area contributed by atoms with Gasteiger partial charge in [-0.15, -0.1) is 24.8 Å². The summed E-state index contributed by atoms with van der Waals surface area (Å²) in [4.78, 5) is 26.9. The average Bonchev–Trinajstić information content (AvgIpc) is 3.09. The molecular formula is C24H35Cl3N6O2. The predicted octanol–water partition coefficient (Wildman–Crippen LogP) is 5.70. The molecule has 35 heavy (non-hydrogen) atoms. The number of aliphatic imine (C=N–C) groups is 1. The number of hydroxylamine groups is 1. The molecular weight excluding hydrogens is 511 g/mol. The van der Waals surface area contributed by atoms with Crippen LogP contribution in [0.1, 0.15) is 81.8 Å². The number of carbonyl (C=O) groups excluding carboxylic acids is 1. The van der Waals surface area contributed by atoms with Gasteiger partial charge in [0.15, 0.2) is 0 Å². The highest BCUT2D eigenvalue weighted by molar-refractivity contribution is 6.31. The summed E-state index contributed by atoms with van der Waals surface area (Å²) in [7, 11) is 0. The van der Waals surface area contributed by atoms with E-state index in [2.05, 4.69) is 31.1 Å². The van der Waals surface area contributed by atoms with Gasteiger partial charge in [-0.05, 0) is 50.8 Å². The number of amides is 1. The van der Waals surface area contributed by atoms with Crippen LogP contribution in [-0.2, 0) is 0 Å². The van der Waals surface area contributed by atoms with E-state index in [9.17, 15) is 10.0 Å². The molecule has 0 unspecified atom stereocenters. The minimum atomic E-state index is -0.236. The van der Waals surface area contributed by atoms with Crippen molar-refractivity contribution in [3.63, 3.8) is 0 Å². The number of amidine groups is 1. The van der Waals surface area contributed by atoms with Crippen LogP contribution in [0, 0.1) is 0 Å². The van der Waals surface area contributed by atoms with Crippen molar-refractivity contribution in [3.8, 4) is 0 Å². The highest BCUT2D eigenvalue weighted by Gasteiger charge is 2.27. The zero-order valence-electron chi connectivity index (χ0n) is 19.9. The molecule has 1 heterocycles. The molecule has 194 valence electrons. The second-order valence-electron chi connectivity index (χ2n) is 9.15. The first kappa shape index (κ1) is 29.4. The molecule has 1 aromatic heterocycles. The van der Waals surface area contributed by atoms with Crippen LogP contribution in [-0.4, -0.2) is 45.0 Å². The zero-order chi connectivity index (χ0) is 23.2. The van der Waals surface area contributed by atoms with Gasteiger partial charge in [0.1, 0.15) is 11.7 Å². The molecule has 0 aliphatic heterocycles. The normalized spacial score (nSPS) is 21.3. The second-order valence-corrected chi connectivity index (χ2v) is 9.58. The molecule has 0 saturated heterocycles. The molecule has 8 nitrogen and oxygen atoms in total. The lowest BCUT2D eigenvalue weighted by molar-refractivity contribution is 0.0923. The van der Waals surface area contributed by atoms with Crippen molar-refractivity contribution in [3.05, 3.63) is 29.0 Å². The zero-order valence-corrected chi connectivity index (χ0v) is 22.3. The molecule has 1 aromatic carbocycles. The molecule has 2 saturated carbocycles. The van der Waals surface area contributed by atoms with Crippen molar-refractivity contribution in [1.29, 1.82) is 0 Å². The maximum Gasteiger partial charge on any atom is 0.289 e. The van der Waals surface area contributed by atoms with Crippen LogP contribution in [0.2, 0.25) is 5.02 Å². The fraction of sp³-hybridized carbons (Fsp3) is 0.583. The Hall–Kier alpha value is -1.87. The molecule has 0 spiro atoms. The number of anilines is 1. The number of hydrogen-bond donors (Lipinski definition) is 4. The molecule has 4 N–H and O–H groups in total. The van der Waals surface area contributed by atoms with Crippen LogP contribution >= 0.6 is 36.4 Å². The topological polar surface area (TPSA) is 112 Å². The van der Waals surface area contributed by atoms with Crippen LogP contribution in [0.15, 0.2) is 23.2 Å². The van der Waals surface area contributed by atoms with Crippen molar-refractivity contribution in [1.82, 2.24) is 20.8 Å². The first-order chi connectivity index (χ1) is 16.0. The van der Waals surface area contributed by atoms with E-state index in [0.717, 1.165) is 56.8 Å². The fourth-order valence-corrected chi connectivity index (χ4v) is 5.05. The van der Waals surface area contributed by atoms with Gasteiger partial charge in [-0.1, -0.05) is 50.1 Å². The van der Waals surface area contributed by atoms with Crippen molar-refractivity contribution in [2.24, 2.45) is 4.99 Å². The van der Waals surface area contributed by atoms with Gasteiger partial charge in [0.2, 0.25) is 5.82 Å². The Balaban J connectivity index is 0.00000216. The Morgan fingerprint density at radius 3 is 2.43 bits per heavy atom. The standard InChI is InChI=1S/C24H33ClN6O2.2ClH/c1-15(31-33)26-20-10-6-7-11-21(20)29-22-18-14-16(25)12-13-19(18)28-23(30-22)24(32)27-17-8-4-2-3-5-9-17;;/h12-14,17,20-21,33H,2-11H2,1H3,(H,26,31)(H,27,32)(H,28,29,30);2*1H/t20-,21+;;/m1../s1. The summed E-state index contributed by atoms with van der Waals surface area (Å²) in [6.07, 6.45) is 10.7. The second kappa shape index (κ2) is 14.0. The number of nitrogens with zero attached hydrogens (tertiary/aromatic N) is 3. The van der Waals surface area contributed by atoms with Crippen LogP contribution < -0.4 is 16.1 Å². The maximum absolute atomic E-state index is 13.1. The predicted molar refractivity (Wildman–Crippen MR) is 146 cm³/mol. The van der Waals surface area contributed by atoms with E-state index in [1.54, 1.807) is 13.0 Å². The van der Waals surface area contributed by atoms with Crippen molar-refractivity contribution in [2.45, 2.75) is 89.3 Å². The Morgan fingerprint density at radius 2 is 1.71 bits per heavy atom. The summed E-state index contributed by atoms with van der Waals surface area (Å²) in [5.41, 5.74) is 2.80. The van der Waals surface area contributed by atoms with Crippen LogP contribution in [0.5, 0.6) is 0 Å². The third-order valence-corrected chi connectivity index (χ3v) is 6.86. The lowest BCUT2D eigenvalue weighted by Crippen LogP contribution is -2.38. The largest absolute Gasteiger partial charge is 0.365 e. The number of halogens is 3. The molecule has 2 aliphatic rings. The van der Waals surface area contributed by atoms with Gasteiger partial charge < -0.3 is 10.6 Å². The Kier molecular flexibility index (Phi) is 11.8. The highest BCUT2D eigenvalue weighted by Crippen LogP contribution is 2.29. The number of nitrogens with one attached hydrogen (secondary N) is 3. The van der Waals surface area contributed by atoms with Crippen LogP contribution in [0.3, 0.4) is 0 Å². The molecule has 2 aliphatic carbocycles. The molecule has 2 atom stereocenters. The lowest BCUT2D eigenvalue weighted by atomic mass is 9.90. The third-order valence-electron chi connectivity index (χ3n) is 6.62. The number of hydrogen-bond acceptors (Lipinski definition) is 6. The Labute approximate surface area is 223 Å². The fourth-order valence-electron chi connectivity index (χ4n) is 4.87. The molecule has 11 heteroatoms. The number of benzene rings is 1. The first-order valence-corrected chi connectivity index (χ1v) is 12.4. The van der Waals surface area contributed by atoms with Gasteiger partial charge in [0, 0.05) is 22.5 Å². The summed E-state index contributed by atoms with van der Waals surface area (Å²) < 4.78 is 0. The van der Waals surface area contributed by atoms with E-state index in [1.807, 2.05) is 12.1 Å². The van der Waals surface area contributed by atoms with Gasteiger partial charge in [-0.3, -0.25) is 20.5 Å². The summed E-state index contributed by atoms with van der Waals surface area (Å²) in [5, 5.41) is 17.2. The number of rotatable bonds is 5. The van der Waals surface area contributed by atoms with Gasteiger partial charge in [-0.2, -0.15) is 0 Å². The molecule has 2 aromatic rings. The average molecular weight is 546 g/mol. The molecule has 0 radical (unpaired) electrons. The summed E-state index contributed by atoms with van der Waals surface area (Å²) in [6, 6.07) is 5.61. The van der Waals surface area contributed by atoms with Gasteiger partial charge in [0.05, 0.1) is 11.6 Å². The molecule has 0 bridgehead atoms. The quantitative estimate of drug-likeness (QED) is 0.166. The Bertz CT molecular complexity index is 1010. The molecule has 2 fully saturated rings. The van der Waals surface area contributed by atoms with E-state index in [4.69, 9.17) is 11.6 Å². The number of aromatic nitrogens is 2. The smallest absolute Gasteiger partial charge is 0.289 e. The van der Waals surface area contributed by atoms with Crippen molar-refractivity contribution < 1.29 is 10.0 Å². The summed E-state index contributed by atoms with van der Waals surface area (Å²) in [6.45, 7) is 1.74. The summed E-state index contributed by atoms with van der Waals surface area (Å²) >= 11 is 6.28. The third kappa shape index (κ3) is 7.81. The molecule has 4 rings (SSSR count). The van der Waals surface area contributed by atoms with Crippen molar-refractivity contribution in [2.75, 3.05) is 5.32 Å². The van der Waals surface area contributed by atoms with Crippen LogP contribution in [0.4, 0.5) is 5.82 Å². The highest BCUT2D eigenvalue weighted by atomic mass is 35.5. The van der Waals surface area contributed by atoms with Gasteiger partial charge in [-0.25, -0.2) is 9.97 Å². The first-order valence-electron chi connectivity index (χ1n) is 12.0. The maximum atomic E-state index is 13.1. The minimum Gasteiger partial charge on any atom is -0.365 e. The van der Waals surface area contributed by atoms with Gasteiger partial charge >= 0.3 is 0 Å². The van der Waals surface area contributed by atoms with Crippen LogP contribution in [0.25, 0.3) is 10.9 Å². The lowest BCUT2D eigenvalue weighted by Gasteiger charge is -2.30. The minimum absolute atomic E-state index is 0. The van der Waals surface area contributed by atoms with E-state index >= 15 is 0 Å². The van der Waals surface area contributed by atoms with Gasteiger partial charge in [0.25, 0.3) is 5.91 Å². The Morgan fingerprint density at radius 1 is 1.03 bits per heavy atom. The van der Waals surface area contributed by atoms with E-state index < -0.39 is 0 Å². The van der Waals surface area contributed by atoms with E-state index in [0.29, 0.717) is 22.2 Å². The number of carbonyl (C=O) groups is 1. The SMILES string of the molecule is CC(=N[C@@H]1CCCC[C@@H]1Nc1nc(C(=O)NC2CCCCCC2)nc2ccc(Cl)cc12)NO.Cl.Cl.